The molecule has 1 aromatic heterocycles. The van der Waals surface area contributed by atoms with Gasteiger partial charge >= 0.3 is 0 Å². The predicted molar refractivity (Wildman–Crippen MR) is 121 cm³/mol. The van der Waals surface area contributed by atoms with Gasteiger partial charge in [-0.2, -0.15) is 0 Å². The van der Waals surface area contributed by atoms with Gasteiger partial charge in [-0.15, -0.1) is 24.0 Å². The van der Waals surface area contributed by atoms with E-state index in [1.165, 1.54) is 0 Å². The van der Waals surface area contributed by atoms with Crippen molar-refractivity contribution in [2.75, 3.05) is 38.7 Å². The molecule has 0 radical (unpaired) electrons. The molecule has 2 heterocycles. The van der Waals surface area contributed by atoms with Gasteiger partial charge in [0, 0.05) is 44.2 Å². The highest BCUT2D eigenvalue weighted by molar-refractivity contribution is 14.0. The lowest BCUT2D eigenvalue weighted by Crippen LogP contribution is -2.45. The summed E-state index contributed by atoms with van der Waals surface area (Å²) in [6.45, 7) is 2.58. The van der Waals surface area contributed by atoms with Crippen molar-refractivity contribution in [2.45, 2.75) is 18.9 Å². The first-order chi connectivity index (χ1) is 12.7. The fourth-order valence-corrected chi connectivity index (χ4v) is 3.32. The highest BCUT2D eigenvalue weighted by atomic mass is 127. The lowest BCUT2D eigenvalue weighted by atomic mass is 10.2. The molecule has 8 heteroatoms. The minimum Gasteiger partial charge on any atom is -0.495 e. The van der Waals surface area contributed by atoms with Crippen LogP contribution in [0.5, 0.6) is 5.75 Å². The van der Waals surface area contributed by atoms with Gasteiger partial charge in [-0.1, -0.05) is 11.6 Å². The third-order valence-corrected chi connectivity index (χ3v) is 4.71. The van der Waals surface area contributed by atoms with Crippen LogP contribution in [0.25, 0.3) is 0 Å². The van der Waals surface area contributed by atoms with Crippen molar-refractivity contribution in [2.24, 2.45) is 4.99 Å². The first-order valence-corrected chi connectivity index (χ1v) is 9.15. The molecular weight excluding hydrogens is 479 g/mol. The van der Waals surface area contributed by atoms with Crippen molar-refractivity contribution in [1.82, 2.24) is 10.6 Å². The third-order valence-electron chi connectivity index (χ3n) is 4.48. The summed E-state index contributed by atoms with van der Waals surface area (Å²) < 4.78 is 10.8. The van der Waals surface area contributed by atoms with E-state index in [1.807, 2.05) is 30.3 Å². The van der Waals surface area contributed by atoms with Crippen molar-refractivity contribution >= 4 is 47.2 Å². The minimum absolute atomic E-state index is 0. The molecule has 6 nitrogen and oxygen atoms in total. The number of nitrogens with one attached hydrogen (secondary N) is 2. The smallest absolute Gasteiger partial charge is 0.191 e. The van der Waals surface area contributed by atoms with E-state index >= 15 is 0 Å². The zero-order valence-corrected chi connectivity index (χ0v) is 18.7. The molecule has 148 valence electrons. The number of rotatable bonds is 6. The Kier molecular flexibility index (Phi) is 8.56. The Labute approximate surface area is 182 Å². The Morgan fingerprint density at radius 2 is 2.26 bits per heavy atom. The molecule has 1 aromatic carbocycles. The lowest BCUT2D eigenvalue weighted by molar-refractivity contribution is 0.415. The summed E-state index contributed by atoms with van der Waals surface area (Å²) in [6.07, 6.45) is 3.54. The van der Waals surface area contributed by atoms with Crippen LogP contribution in [0, 0.1) is 0 Å². The maximum absolute atomic E-state index is 6.16. The topological polar surface area (TPSA) is 62.0 Å². The summed E-state index contributed by atoms with van der Waals surface area (Å²) in [6, 6.07) is 9.91. The second-order valence-corrected chi connectivity index (χ2v) is 6.66. The molecule has 0 aliphatic carbocycles. The van der Waals surface area contributed by atoms with E-state index in [9.17, 15) is 0 Å². The Morgan fingerprint density at radius 1 is 1.41 bits per heavy atom. The molecule has 0 bridgehead atoms. The molecule has 3 rings (SSSR count). The molecular formula is C19H26ClIN4O2. The average molecular weight is 505 g/mol. The van der Waals surface area contributed by atoms with Gasteiger partial charge < -0.3 is 24.7 Å². The quantitative estimate of drug-likeness (QED) is 0.358. The van der Waals surface area contributed by atoms with E-state index in [1.54, 1.807) is 20.4 Å². The Bertz CT molecular complexity index is 739. The summed E-state index contributed by atoms with van der Waals surface area (Å²) >= 11 is 6.16. The Morgan fingerprint density at radius 3 is 2.96 bits per heavy atom. The molecule has 1 fully saturated rings. The van der Waals surface area contributed by atoms with Crippen LogP contribution >= 0.6 is 35.6 Å². The van der Waals surface area contributed by atoms with Crippen LogP contribution in [0.3, 0.4) is 0 Å². The van der Waals surface area contributed by atoms with E-state index in [4.69, 9.17) is 20.8 Å². The number of methoxy groups -OCH3 is 1. The molecule has 2 N–H and O–H groups in total. The van der Waals surface area contributed by atoms with Crippen molar-refractivity contribution < 1.29 is 9.15 Å². The number of hydrogen-bond donors (Lipinski definition) is 2. The lowest BCUT2D eigenvalue weighted by Gasteiger charge is -2.22. The molecule has 0 saturated carbocycles. The maximum atomic E-state index is 6.16. The second kappa shape index (κ2) is 10.7. The zero-order chi connectivity index (χ0) is 18.4. The van der Waals surface area contributed by atoms with E-state index in [-0.39, 0.29) is 24.0 Å². The number of furan rings is 1. The molecule has 0 spiro atoms. The largest absolute Gasteiger partial charge is 0.495 e. The van der Waals surface area contributed by atoms with Gasteiger partial charge in [-0.05, 0) is 36.8 Å². The van der Waals surface area contributed by atoms with E-state index < -0.39 is 0 Å². The van der Waals surface area contributed by atoms with Crippen LogP contribution in [0.1, 0.15) is 12.2 Å². The molecule has 27 heavy (non-hydrogen) atoms. The summed E-state index contributed by atoms with van der Waals surface area (Å²) in [7, 11) is 3.47. The van der Waals surface area contributed by atoms with Crippen molar-refractivity contribution in [3.63, 3.8) is 0 Å². The first-order valence-electron chi connectivity index (χ1n) is 8.77. The zero-order valence-electron chi connectivity index (χ0n) is 15.6. The van der Waals surface area contributed by atoms with Gasteiger partial charge in [-0.25, -0.2) is 0 Å². The van der Waals surface area contributed by atoms with E-state index in [0.29, 0.717) is 11.1 Å². The summed E-state index contributed by atoms with van der Waals surface area (Å²) in [4.78, 5) is 6.61. The standard InChI is InChI=1S/C19H25ClN4O2.HI/c1-21-19(22-9-7-16-4-3-11-26-16)23-15-8-10-24(13-15)17-12-14(20)5-6-18(17)25-2;/h3-6,11-12,15H,7-10,13H2,1-2H3,(H2,21,22,23);1H. The summed E-state index contributed by atoms with van der Waals surface area (Å²) in [5, 5.41) is 7.54. The number of benzene rings is 1. The number of anilines is 1. The van der Waals surface area contributed by atoms with Gasteiger partial charge in [-0.3, -0.25) is 4.99 Å². The second-order valence-electron chi connectivity index (χ2n) is 6.22. The fraction of sp³-hybridized carbons (Fsp3) is 0.421. The van der Waals surface area contributed by atoms with Crippen LogP contribution in [0.4, 0.5) is 5.69 Å². The average Bonchev–Trinajstić information content (AvgIpc) is 3.32. The third kappa shape index (κ3) is 5.93. The highest BCUT2D eigenvalue weighted by Gasteiger charge is 2.25. The maximum Gasteiger partial charge on any atom is 0.191 e. The SMILES string of the molecule is CN=C(NCCc1ccco1)NC1CCN(c2cc(Cl)ccc2OC)C1.I. The number of ether oxygens (including phenoxy) is 1. The van der Waals surface area contributed by atoms with Gasteiger partial charge in [0.2, 0.25) is 0 Å². The fourth-order valence-electron chi connectivity index (χ4n) is 3.15. The monoisotopic (exact) mass is 504 g/mol. The summed E-state index contributed by atoms with van der Waals surface area (Å²) in [5.74, 6) is 2.62. The number of guanidine groups is 1. The Hall–Kier alpha value is -1.61. The number of hydrogen-bond acceptors (Lipinski definition) is 4. The van der Waals surface area contributed by atoms with Gasteiger partial charge in [0.05, 0.1) is 19.1 Å². The molecule has 1 atom stereocenters. The van der Waals surface area contributed by atoms with Crippen molar-refractivity contribution in [1.29, 1.82) is 0 Å². The van der Waals surface area contributed by atoms with Gasteiger partial charge in [0.25, 0.3) is 0 Å². The van der Waals surface area contributed by atoms with Gasteiger partial charge in [0.15, 0.2) is 5.96 Å². The summed E-state index contributed by atoms with van der Waals surface area (Å²) in [5.41, 5.74) is 1.03. The molecule has 1 aliphatic heterocycles. The number of aliphatic imine (C=N–C) groups is 1. The van der Waals surface area contributed by atoms with E-state index in [0.717, 1.165) is 55.6 Å². The molecule has 1 unspecified atom stereocenters. The van der Waals surface area contributed by atoms with Crippen molar-refractivity contribution in [3.8, 4) is 5.75 Å². The van der Waals surface area contributed by atoms with Crippen LogP contribution in [-0.2, 0) is 6.42 Å². The number of halogens is 2. The predicted octanol–water partition coefficient (Wildman–Crippen LogP) is 3.55. The Balaban J connectivity index is 0.00000261. The van der Waals surface area contributed by atoms with Gasteiger partial charge in [0.1, 0.15) is 11.5 Å². The van der Waals surface area contributed by atoms with E-state index in [2.05, 4.69) is 20.5 Å². The van der Waals surface area contributed by atoms with Crippen LogP contribution in [-0.4, -0.2) is 45.8 Å². The minimum atomic E-state index is 0. The van der Waals surface area contributed by atoms with Crippen LogP contribution in [0.2, 0.25) is 5.02 Å². The van der Waals surface area contributed by atoms with Crippen LogP contribution in [0.15, 0.2) is 46.0 Å². The number of nitrogens with zero attached hydrogens (tertiary/aromatic N) is 2. The van der Waals surface area contributed by atoms with Crippen molar-refractivity contribution in [3.05, 3.63) is 47.4 Å². The van der Waals surface area contributed by atoms with Crippen LogP contribution < -0.4 is 20.3 Å². The molecule has 1 saturated heterocycles. The molecule has 2 aromatic rings. The molecule has 1 aliphatic rings. The molecule has 0 amide bonds. The normalized spacial score (nSPS) is 16.8. The first kappa shape index (κ1) is 21.7. The highest BCUT2D eigenvalue weighted by Crippen LogP contribution is 2.33.